The predicted octanol–water partition coefficient (Wildman–Crippen LogP) is 4.16. The predicted molar refractivity (Wildman–Crippen MR) is 123 cm³/mol. The van der Waals surface area contributed by atoms with E-state index in [0.717, 1.165) is 31.9 Å². The van der Waals surface area contributed by atoms with Gasteiger partial charge in [0.05, 0.1) is 11.4 Å². The second-order valence-corrected chi connectivity index (χ2v) is 8.41. The molecule has 1 fully saturated rings. The third-order valence-corrected chi connectivity index (χ3v) is 5.78. The number of hydrogen-bond donors (Lipinski definition) is 1. The van der Waals surface area contributed by atoms with E-state index in [1.807, 2.05) is 12.1 Å². The fourth-order valence-corrected chi connectivity index (χ4v) is 3.74. The maximum absolute atomic E-state index is 13.8. The van der Waals surface area contributed by atoms with Gasteiger partial charge < -0.3 is 19.6 Å². The van der Waals surface area contributed by atoms with Crippen LogP contribution < -0.4 is 10.2 Å². The second-order valence-electron chi connectivity index (χ2n) is 7.98. The lowest BCUT2D eigenvalue weighted by atomic mass is 10.1. The number of hydrogen-bond acceptors (Lipinski definition) is 6. The van der Waals surface area contributed by atoms with Crippen LogP contribution in [0.1, 0.15) is 17.9 Å². The van der Waals surface area contributed by atoms with E-state index in [1.54, 1.807) is 25.1 Å². The monoisotopic (exact) mass is 457 g/mol. The quantitative estimate of drug-likeness (QED) is 0.599. The number of likely N-dealkylation sites (N-methyl/N-ethyl adjacent to an activating group) is 1. The summed E-state index contributed by atoms with van der Waals surface area (Å²) >= 11 is 6.18. The van der Waals surface area contributed by atoms with Crippen molar-refractivity contribution >= 4 is 28.9 Å². The second kappa shape index (κ2) is 9.67. The number of rotatable bonds is 6. The highest BCUT2D eigenvalue weighted by molar-refractivity contribution is 6.31. The van der Waals surface area contributed by atoms with Crippen molar-refractivity contribution in [2.75, 3.05) is 43.4 Å². The van der Waals surface area contributed by atoms with Gasteiger partial charge in [-0.25, -0.2) is 4.39 Å². The fourth-order valence-electron chi connectivity index (χ4n) is 3.57. The van der Waals surface area contributed by atoms with Gasteiger partial charge in [-0.1, -0.05) is 28.9 Å². The number of amides is 1. The summed E-state index contributed by atoms with van der Waals surface area (Å²) in [5.41, 5.74) is 2.72. The molecule has 168 valence electrons. The minimum absolute atomic E-state index is 0.165. The van der Waals surface area contributed by atoms with Gasteiger partial charge in [0, 0.05) is 49.6 Å². The summed E-state index contributed by atoms with van der Waals surface area (Å²) in [6.07, 6.45) is 0.441. The number of anilines is 2. The van der Waals surface area contributed by atoms with Gasteiger partial charge in [0.25, 0.3) is 0 Å². The molecule has 0 radical (unpaired) electrons. The van der Waals surface area contributed by atoms with E-state index >= 15 is 0 Å². The molecular formula is C23H25ClFN5O2. The Kier molecular flexibility index (Phi) is 6.72. The molecule has 9 heteroatoms. The van der Waals surface area contributed by atoms with Crippen molar-refractivity contribution < 1.29 is 13.7 Å². The average molecular weight is 458 g/mol. The highest BCUT2D eigenvalue weighted by atomic mass is 35.5. The van der Waals surface area contributed by atoms with E-state index in [-0.39, 0.29) is 24.6 Å². The summed E-state index contributed by atoms with van der Waals surface area (Å²) in [5.74, 6) is 0.114. The van der Waals surface area contributed by atoms with Crippen LogP contribution >= 0.6 is 11.6 Å². The molecule has 7 nitrogen and oxygen atoms in total. The molecule has 1 N–H and O–H groups in total. The first-order valence-electron chi connectivity index (χ1n) is 10.5. The van der Waals surface area contributed by atoms with E-state index in [0.29, 0.717) is 33.6 Å². The van der Waals surface area contributed by atoms with Gasteiger partial charge in [-0.15, -0.1) is 0 Å². The van der Waals surface area contributed by atoms with Crippen molar-refractivity contribution in [3.63, 3.8) is 0 Å². The highest BCUT2D eigenvalue weighted by Gasteiger charge is 2.19. The number of piperazine rings is 1. The number of nitrogens with zero attached hydrogens (tertiary/aromatic N) is 4. The molecule has 32 heavy (non-hydrogen) atoms. The molecule has 0 aliphatic carbocycles. The van der Waals surface area contributed by atoms with E-state index in [1.165, 1.54) is 6.07 Å². The van der Waals surface area contributed by atoms with Crippen LogP contribution in [0.25, 0.3) is 11.4 Å². The standard InChI is InChI=1S/C23H25ClFN5O2/c1-15-3-4-16(13-18(15)25)23-27-22(32-28-23)8-7-21(31)26-19-14-17(24)5-6-20(19)30-11-9-29(2)10-12-30/h3-6,13-14H,7-12H2,1-2H3,(H,26,31). The number of aromatic nitrogens is 2. The molecule has 3 aromatic rings. The van der Waals surface area contributed by atoms with E-state index in [4.69, 9.17) is 16.1 Å². The van der Waals surface area contributed by atoms with Crippen LogP contribution in [-0.2, 0) is 11.2 Å². The minimum Gasteiger partial charge on any atom is -0.367 e. The summed E-state index contributed by atoms with van der Waals surface area (Å²) in [4.78, 5) is 21.4. The van der Waals surface area contributed by atoms with Crippen LogP contribution in [0.15, 0.2) is 40.9 Å². The SMILES string of the molecule is Cc1ccc(-c2noc(CCC(=O)Nc3cc(Cl)ccc3N3CCN(C)CC3)n2)cc1F. The van der Waals surface area contributed by atoms with Crippen molar-refractivity contribution in [2.24, 2.45) is 0 Å². The maximum Gasteiger partial charge on any atom is 0.227 e. The fraction of sp³-hybridized carbons (Fsp3) is 0.348. The largest absolute Gasteiger partial charge is 0.367 e. The molecule has 0 unspecified atom stereocenters. The lowest BCUT2D eigenvalue weighted by Crippen LogP contribution is -2.44. The van der Waals surface area contributed by atoms with Crippen LogP contribution in [0.3, 0.4) is 0 Å². The number of halogens is 2. The first kappa shape index (κ1) is 22.2. The van der Waals surface area contributed by atoms with E-state index in [9.17, 15) is 9.18 Å². The number of aryl methyl sites for hydroxylation is 2. The molecule has 0 atom stereocenters. The Bertz CT molecular complexity index is 1110. The van der Waals surface area contributed by atoms with Crippen LogP contribution in [0.2, 0.25) is 5.02 Å². The summed E-state index contributed by atoms with van der Waals surface area (Å²) < 4.78 is 19.0. The van der Waals surface area contributed by atoms with Gasteiger partial charge in [0.2, 0.25) is 17.6 Å². The van der Waals surface area contributed by atoms with Gasteiger partial charge in [-0.3, -0.25) is 4.79 Å². The minimum atomic E-state index is -0.328. The molecule has 1 aliphatic rings. The Morgan fingerprint density at radius 2 is 1.97 bits per heavy atom. The van der Waals surface area contributed by atoms with Gasteiger partial charge in [0.1, 0.15) is 5.82 Å². The topological polar surface area (TPSA) is 74.5 Å². The Labute approximate surface area is 191 Å². The van der Waals surface area contributed by atoms with Gasteiger partial charge in [-0.05, 0) is 43.8 Å². The number of carbonyl (C=O) groups is 1. The zero-order chi connectivity index (χ0) is 22.7. The lowest BCUT2D eigenvalue weighted by Gasteiger charge is -2.35. The third-order valence-electron chi connectivity index (χ3n) is 5.54. The molecule has 0 bridgehead atoms. The lowest BCUT2D eigenvalue weighted by molar-refractivity contribution is -0.116. The smallest absolute Gasteiger partial charge is 0.227 e. The third kappa shape index (κ3) is 5.26. The van der Waals surface area contributed by atoms with E-state index < -0.39 is 0 Å². The molecule has 1 amide bonds. The van der Waals surface area contributed by atoms with Gasteiger partial charge in [0.15, 0.2) is 0 Å². The van der Waals surface area contributed by atoms with E-state index in [2.05, 4.69) is 32.3 Å². The van der Waals surface area contributed by atoms with Crippen molar-refractivity contribution in [2.45, 2.75) is 19.8 Å². The first-order valence-corrected chi connectivity index (χ1v) is 10.9. The zero-order valence-corrected chi connectivity index (χ0v) is 18.8. The van der Waals surface area contributed by atoms with Crippen LogP contribution in [0.4, 0.5) is 15.8 Å². The highest BCUT2D eigenvalue weighted by Crippen LogP contribution is 2.30. The average Bonchev–Trinajstić information content (AvgIpc) is 3.24. The Morgan fingerprint density at radius 3 is 2.72 bits per heavy atom. The number of carbonyl (C=O) groups excluding carboxylic acids is 1. The molecule has 1 aromatic heterocycles. The van der Waals surface area contributed by atoms with Crippen LogP contribution in [0, 0.1) is 12.7 Å². The summed E-state index contributed by atoms with van der Waals surface area (Å²) in [6.45, 7) is 5.37. The summed E-state index contributed by atoms with van der Waals surface area (Å²) in [5, 5.41) is 7.42. The Hall–Kier alpha value is -2.97. The molecule has 2 aromatic carbocycles. The zero-order valence-electron chi connectivity index (χ0n) is 18.1. The first-order chi connectivity index (χ1) is 15.4. The molecule has 0 saturated carbocycles. The van der Waals surface area contributed by atoms with Crippen molar-refractivity contribution in [1.82, 2.24) is 15.0 Å². The summed E-state index contributed by atoms with van der Waals surface area (Å²) in [6, 6.07) is 10.3. The maximum atomic E-state index is 13.8. The molecular weight excluding hydrogens is 433 g/mol. The molecule has 1 aliphatic heterocycles. The number of nitrogens with one attached hydrogen (secondary N) is 1. The van der Waals surface area contributed by atoms with Crippen LogP contribution in [-0.4, -0.2) is 54.2 Å². The van der Waals surface area contributed by atoms with Crippen molar-refractivity contribution in [1.29, 1.82) is 0 Å². The Morgan fingerprint density at radius 1 is 1.19 bits per heavy atom. The van der Waals surface area contributed by atoms with Crippen molar-refractivity contribution in [3.05, 3.63) is 58.7 Å². The number of benzene rings is 2. The van der Waals surface area contributed by atoms with Gasteiger partial charge >= 0.3 is 0 Å². The molecule has 2 heterocycles. The summed E-state index contributed by atoms with van der Waals surface area (Å²) in [7, 11) is 2.10. The molecule has 0 spiro atoms. The normalized spacial score (nSPS) is 14.6. The van der Waals surface area contributed by atoms with Crippen LogP contribution in [0.5, 0.6) is 0 Å². The van der Waals surface area contributed by atoms with Gasteiger partial charge in [-0.2, -0.15) is 4.98 Å². The molecule has 4 rings (SSSR count). The Balaban J connectivity index is 1.39. The van der Waals surface area contributed by atoms with Crippen molar-refractivity contribution in [3.8, 4) is 11.4 Å². The molecule has 1 saturated heterocycles.